The third kappa shape index (κ3) is 3.84. The van der Waals surface area contributed by atoms with Crippen LogP contribution in [-0.4, -0.2) is 27.1 Å². The molecule has 16 heavy (non-hydrogen) atoms. The van der Waals surface area contributed by atoms with Crippen molar-refractivity contribution in [2.24, 2.45) is 5.92 Å². The van der Waals surface area contributed by atoms with E-state index in [-0.39, 0.29) is 0 Å². The Labute approximate surface area is 94.9 Å². The second kappa shape index (κ2) is 5.44. The highest BCUT2D eigenvalue weighted by atomic mass is 16.4. The Morgan fingerprint density at radius 3 is 2.75 bits per heavy atom. The van der Waals surface area contributed by atoms with E-state index in [1.54, 1.807) is 12.3 Å². The van der Waals surface area contributed by atoms with Gasteiger partial charge in [-0.2, -0.15) is 0 Å². The van der Waals surface area contributed by atoms with E-state index in [2.05, 4.69) is 15.3 Å². The molecule has 5 heteroatoms. The van der Waals surface area contributed by atoms with E-state index in [4.69, 9.17) is 5.11 Å². The fourth-order valence-electron chi connectivity index (χ4n) is 1.37. The first-order valence-corrected chi connectivity index (χ1v) is 5.28. The van der Waals surface area contributed by atoms with Gasteiger partial charge in [0.25, 0.3) is 0 Å². The molecule has 0 fully saturated rings. The fourth-order valence-corrected chi connectivity index (χ4v) is 1.37. The molecule has 0 saturated carbocycles. The second-order valence-corrected chi connectivity index (χ2v) is 4.19. The van der Waals surface area contributed by atoms with E-state index in [1.165, 1.54) is 0 Å². The molecule has 0 saturated heterocycles. The standard InChI is InChI=1S/C11H17N3O2/c1-7(2)6-9(10(15)16)14-11-12-5-4-8(3)13-11/h4-5,7,9H,6H2,1-3H3,(H,15,16)(H,12,13,14)/t9-/m0/s1. The quantitative estimate of drug-likeness (QED) is 0.794. The largest absolute Gasteiger partial charge is 0.480 e. The molecule has 0 aliphatic rings. The number of aliphatic carboxylic acids is 1. The van der Waals surface area contributed by atoms with Gasteiger partial charge in [-0.15, -0.1) is 0 Å². The van der Waals surface area contributed by atoms with Crippen molar-refractivity contribution >= 4 is 11.9 Å². The van der Waals surface area contributed by atoms with E-state index in [0.29, 0.717) is 18.3 Å². The summed E-state index contributed by atoms with van der Waals surface area (Å²) in [4.78, 5) is 19.1. The van der Waals surface area contributed by atoms with Crippen LogP contribution in [-0.2, 0) is 4.79 Å². The van der Waals surface area contributed by atoms with Gasteiger partial charge >= 0.3 is 5.97 Å². The van der Waals surface area contributed by atoms with Crippen LogP contribution in [0.2, 0.25) is 0 Å². The first-order chi connectivity index (χ1) is 7.49. The molecule has 1 rings (SSSR count). The van der Waals surface area contributed by atoms with E-state index < -0.39 is 12.0 Å². The summed E-state index contributed by atoms with van der Waals surface area (Å²) in [5, 5.41) is 11.9. The number of rotatable bonds is 5. The molecule has 1 atom stereocenters. The number of carboxylic acids is 1. The lowest BCUT2D eigenvalue weighted by atomic mass is 10.0. The van der Waals surface area contributed by atoms with Gasteiger partial charge in [-0.3, -0.25) is 0 Å². The van der Waals surface area contributed by atoms with E-state index >= 15 is 0 Å². The average Bonchev–Trinajstić information content (AvgIpc) is 2.15. The lowest BCUT2D eigenvalue weighted by molar-refractivity contribution is -0.138. The van der Waals surface area contributed by atoms with Crippen molar-refractivity contribution < 1.29 is 9.90 Å². The molecule has 1 aromatic rings. The van der Waals surface area contributed by atoms with Crippen LogP contribution < -0.4 is 5.32 Å². The lowest BCUT2D eigenvalue weighted by Crippen LogP contribution is -2.31. The van der Waals surface area contributed by atoms with Crippen LogP contribution in [0.4, 0.5) is 5.95 Å². The number of carbonyl (C=O) groups is 1. The van der Waals surface area contributed by atoms with Gasteiger partial charge in [0, 0.05) is 11.9 Å². The number of hydrogen-bond donors (Lipinski definition) is 2. The van der Waals surface area contributed by atoms with Crippen LogP contribution in [0.3, 0.4) is 0 Å². The van der Waals surface area contributed by atoms with Gasteiger partial charge in [0.05, 0.1) is 0 Å². The number of hydrogen-bond acceptors (Lipinski definition) is 4. The maximum atomic E-state index is 11.0. The van der Waals surface area contributed by atoms with Gasteiger partial charge in [-0.1, -0.05) is 13.8 Å². The Morgan fingerprint density at radius 2 is 2.25 bits per heavy atom. The molecule has 0 amide bonds. The van der Waals surface area contributed by atoms with Crippen molar-refractivity contribution in [3.8, 4) is 0 Å². The highest BCUT2D eigenvalue weighted by Crippen LogP contribution is 2.10. The van der Waals surface area contributed by atoms with Gasteiger partial charge in [-0.05, 0) is 25.3 Å². The zero-order chi connectivity index (χ0) is 12.1. The van der Waals surface area contributed by atoms with E-state index in [9.17, 15) is 4.79 Å². The minimum absolute atomic E-state index is 0.304. The number of aromatic nitrogens is 2. The number of nitrogens with one attached hydrogen (secondary N) is 1. The Morgan fingerprint density at radius 1 is 1.56 bits per heavy atom. The zero-order valence-corrected chi connectivity index (χ0v) is 9.77. The van der Waals surface area contributed by atoms with Crippen LogP contribution in [0.25, 0.3) is 0 Å². The zero-order valence-electron chi connectivity index (χ0n) is 9.77. The van der Waals surface area contributed by atoms with E-state index in [0.717, 1.165) is 5.69 Å². The third-order valence-electron chi connectivity index (χ3n) is 2.10. The van der Waals surface area contributed by atoms with Crippen LogP contribution in [0, 0.1) is 12.8 Å². The van der Waals surface area contributed by atoms with Crippen molar-refractivity contribution in [3.63, 3.8) is 0 Å². The van der Waals surface area contributed by atoms with Crippen LogP contribution in [0.1, 0.15) is 26.0 Å². The maximum absolute atomic E-state index is 11.0. The van der Waals surface area contributed by atoms with Crippen LogP contribution in [0.5, 0.6) is 0 Å². The first kappa shape index (κ1) is 12.4. The molecule has 1 aromatic heterocycles. The summed E-state index contributed by atoms with van der Waals surface area (Å²) in [6.07, 6.45) is 2.16. The van der Waals surface area contributed by atoms with Crippen molar-refractivity contribution in [1.29, 1.82) is 0 Å². The van der Waals surface area contributed by atoms with Gasteiger partial charge in [0.15, 0.2) is 0 Å². The van der Waals surface area contributed by atoms with Crippen molar-refractivity contribution in [3.05, 3.63) is 18.0 Å². The minimum Gasteiger partial charge on any atom is -0.480 e. The number of nitrogens with zero attached hydrogens (tertiary/aromatic N) is 2. The summed E-state index contributed by atoms with van der Waals surface area (Å²) in [7, 11) is 0. The number of aryl methyl sites for hydroxylation is 1. The Hall–Kier alpha value is -1.65. The van der Waals surface area contributed by atoms with Crippen LogP contribution in [0.15, 0.2) is 12.3 Å². The predicted octanol–water partition coefficient (Wildman–Crippen LogP) is 1.70. The molecule has 1 heterocycles. The van der Waals surface area contributed by atoms with Gasteiger partial charge in [0.1, 0.15) is 6.04 Å². The third-order valence-corrected chi connectivity index (χ3v) is 2.10. The molecule has 88 valence electrons. The molecule has 5 nitrogen and oxygen atoms in total. The first-order valence-electron chi connectivity index (χ1n) is 5.28. The Kier molecular flexibility index (Phi) is 4.22. The van der Waals surface area contributed by atoms with Crippen LogP contribution >= 0.6 is 0 Å². The molecular weight excluding hydrogens is 206 g/mol. The predicted molar refractivity (Wildman–Crippen MR) is 61.3 cm³/mol. The summed E-state index contributed by atoms with van der Waals surface area (Å²) in [5.41, 5.74) is 0.811. The summed E-state index contributed by atoms with van der Waals surface area (Å²) in [6.45, 7) is 5.80. The summed E-state index contributed by atoms with van der Waals surface area (Å²) in [6, 6.07) is 1.13. The minimum atomic E-state index is -0.876. The molecule has 0 bridgehead atoms. The molecule has 0 aliphatic carbocycles. The molecule has 0 unspecified atom stereocenters. The smallest absolute Gasteiger partial charge is 0.326 e. The lowest BCUT2D eigenvalue weighted by Gasteiger charge is -2.16. The molecule has 0 aromatic carbocycles. The average molecular weight is 223 g/mol. The van der Waals surface area contributed by atoms with Crippen molar-refractivity contribution in [1.82, 2.24) is 9.97 Å². The summed E-state index contributed by atoms with van der Waals surface area (Å²) >= 11 is 0. The molecule has 0 spiro atoms. The topological polar surface area (TPSA) is 75.1 Å². The highest BCUT2D eigenvalue weighted by molar-refractivity contribution is 5.76. The number of anilines is 1. The van der Waals surface area contributed by atoms with E-state index in [1.807, 2.05) is 20.8 Å². The van der Waals surface area contributed by atoms with Gasteiger partial charge in [0.2, 0.25) is 5.95 Å². The fraction of sp³-hybridized carbons (Fsp3) is 0.545. The Bertz CT molecular complexity index is 366. The normalized spacial score (nSPS) is 12.5. The monoisotopic (exact) mass is 223 g/mol. The number of carboxylic acid groups (broad SMARTS) is 1. The van der Waals surface area contributed by atoms with Crippen molar-refractivity contribution in [2.75, 3.05) is 5.32 Å². The molecular formula is C11H17N3O2. The van der Waals surface area contributed by atoms with Gasteiger partial charge in [-0.25, -0.2) is 14.8 Å². The molecule has 0 aliphatic heterocycles. The molecule has 2 N–H and O–H groups in total. The summed E-state index contributed by atoms with van der Waals surface area (Å²) < 4.78 is 0. The Balaban J connectivity index is 2.71. The van der Waals surface area contributed by atoms with Crippen molar-refractivity contribution in [2.45, 2.75) is 33.2 Å². The maximum Gasteiger partial charge on any atom is 0.326 e. The summed E-state index contributed by atoms with van der Waals surface area (Å²) in [5.74, 6) is -0.203. The SMILES string of the molecule is Cc1ccnc(N[C@@H](CC(C)C)C(=O)O)n1. The highest BCUT2D eigenvalue weighted by Gasteiger charge is 2.19. The second-order valence-electron chi connectivity index (χ2n) is 4.19. The van der Waals surface area contributed by atoms with Gasteiger partial charge < -0.3 is 10.4 Å². The molecule has 0 radical (unpaired) electrons.